The number of rotatable bonds is 8. The Kier molecular flexibility index (Phi) is 6.33. The van der Waals surface area contributed by atoms with Crippen molar-refractivity contribution >= 4 is 18.0 Å². The second-order valence-corrected chi connectivity index (χ2v) is 13.1. The van der Waals surface area contributed by atoms with E-state index in [-0.39, 0.29) is 29.4 Å². The molecule has 40 heavy (non-hydrogen) atoms. The van der Waals surface area contributed by atoms with Gasteiger partial charge >= 0.3 is 5.97 Å². The van der Waals surface area contributed by atoms with E-state index in [1.165, 1.54) is 31.9 Å². The Morgan fingerprint density at radius 3 is 2.77 bits per heavy atom. The lowest BCUT2D eigenvalue weighted by Gasteiger charge is -2.60. The predicted molar refractivity (Wildman–Crippen MR) is 151 cm³/mol. The lowest BCUT2D eigenvalue weighted by atomic mass is 9.50. The van der Waals surface area contributed by atoms with Crippen LogP contribution in [0.5, 0.6) is 11.5 Å². The monoisotopic (exact) mass is 544 g/mol. The van der Waals surface area contributed by atoms with Gasteiger partial charge in [0, 0.05) is 54.2 Å². The molecule has 0 unspecified atom stereocenters. The summed E-state index contributed by atoms with van der Waals surface area (Å²) < 4.78 is 17.9. The van der Waals surface area contributed by atoms with Crippen molar-refractivity contribution < 1.29 is 23.5 Å². The number of esters is 1. The lowest BCUT2D eigenvalue weighted by Crippen LogP contribution is -2.69. The number of likely N-dealkylation sites (tertiary alicyclic amines) is 1. The molecule has 2 saturated carbocycles. The average molecular weight is 545 g/mol. The van der Waals surface area contributed by atoms with Gasteiger partial charge in [0.2, 0.25) is 5.91 Å². The summed E-state index contributed by atoms with van der Waals surface area (Å²) in [4.78, 5) is 30.7. The van der Waals surface area contributed by atoms with Crippen LogP contribution in [0.4, 0.5) is 0 Å². The third-order valence-corrected chi connectivity index (χ3v) is 10.1. The minimum absolute atomic E-state index is 0.0219. The van der Waals surface area contributed by atoms with E-state index in [0.717, 1.165) is 55.0 Å². The minimum atomic E-state index is -0.286. The van der Waals surface area contributed by atoms with Crippen molar-refractivity contribution in [3.63, 3.8) is 0 Å². The lowest BCUT2D eigenvalue weighted by molar-refractivity contribution is -0.139. The molecule has 0 N–H and O–H groups in total. The molecule has 7 heteroatoms. The fourth-order valence-corrected chi connectivity index (χ4v) is 8.44. The van der Waals surface area contributed by atoms with Crippen molar-refractivity contribution in [2.24, 2.45) is 17.8 Å². The first kappa shape index (κ1) is 25.9. The van der Waals surface area contributed by atoms with Crippen LogP contribution in [0.15, 0.2) is 41.2 Å². The zero-order chi connectivity index (χ0) is 27.6. The summed E-state index contributed by atoms with van der Waals surface area (Å²) in [6.07, 6.45) is 13.3. The van der Waals surface area contributed by atoms with Crippen LogP contribution in [0.3, 0.4) is 0 Å². The van der Waals surface area contributed by atoms with Gasteiger partial charge in [0.15, 0.2) is 0 Å². The van der Waals surface area contributed by atoms with Crippen molar-refractivity contribution in [1.82, 2.24) is 9.80 Å². The third-order valence-electron chi connectivity index (χ3n) is 10.1. The van der Waals surface area contributed by atoms with E-state index in [1.807, 2.05) is 24.3 Å². The Hall–Kier alpha value is -3.06. The SMILES string of the molecule is CC(=O)Oc1ccc2c3c1C[C@@H]1[C@@H]4CC[C@H](N(CC(C)C)C(=O)C=Cc5ccoc5)[C@@H](O2)[C@]34CCN1CC1CC1. The summed E-state index contributed by atoms with van der Waals surface area (Å²) >= 11 is 0. The van der Waals surface area contributed by atoms with E-state index in [2.05, 4.69) is 23.6 Å². The van der Waals surface area contributed by atoms with Crippen LogP contribution >= 0.6 is 0 Å². The molecule has 1 saturated heterocycles. The smallest absolute Gasteiger partial charge is 0.308 e. The van der Waals surface area contributed by atoms with Crippen LogP contribution in [0.1, 0.15) is 69.6 Å². The molecular weight excluding hydrogens is 504 g/mol. The Labute approximate surface area is 236 Å². The van der Waals surface area contributed by atoms with Crippen LogP contribution in [0.2, 0.25) is 0 Å². The predicted octanol–water partition coefficient (Wildman–Crippen LogP) is 5.22. The molecule has 3 aliphatic carbocycles. The summed E-state index contributed by atoms with van der Waals surface area (Å²) in [5.41, 5.74) is 3.13. The molecule has 1 aromatic heterocycles. The molecule has 3 heterocycles. The van der Waals surface area contributed by atoms with Gasteiger partial charge in [-0.05, 0) is 87.1 Å². The minimum Gasteiger partial charge on any atom is -0.487 e. The number of benzene rings is 1. The van der Waals surface area contributed by atoms with Crippen molar-refractivity contribution in [3.8, 4) is 11.5 Å². The molecule has 5 aliphatic rings. The molecule has 1 spiro atoms. The molecule has 3 fully saturated rings. The number of hydrogen-bond acceptors (Lipinski definition) is 6. The van der Waals surface area contributed by atoms with Gasteiger partial charge < -0.3 is 18.8 Å². The molecule has 7 nitrogen and oxygen atoms in total. The second kappa shape index (κ2) is 9.79. The highest BCUT2D eigenvalue weighted by atomic mass is 16.5. The molecule has 1 aromatic carbocycles. The van der Waals surface area contributed by atoms with Crippen LogP contribution in [0, 0.1) is 17.8 Å². The molecular formula is C33H40N2O5. The highest BCUT2D eigenvalue weighted by molar-refractivity contribution is 5.92. The quantitative estimate of drug-likeness (QED) is 0.258. The van der Waals surface area contributed by atoms with E-state index in [4.69, 9.17) is 13.9 Å². The van der Waals surface area contributed by atoms with Gasteiger partial charge in [0.25, 0.3) is 0 Å². The number of ether oxygens (including phenoxy) is 2. The van der Waals surface area contributed by atoms with E-state index >= 15 is 0 Å². The topological polar surface area (TPSA) is 72.2 Å². The second-order valence-electron chi connectivity index (χ2n) is 13.1. The summed E-state index contributed by atoms with van der Waals surface area (Å²) in [6.45, 7) is 8.72. The van der Waals surface area contributed by atoms with E-state index in [0.29, 0.717) is 30.2 Å². The summed E-state index contributed by atoms with van der Waals surface area (Å²) in [5.74, 6) is 2.97. The largest absolute Gasteiger partial charge is 0.487 e. The van der Waals surface area contributed by atoms with Crippen molar-refractivity contribution in [2.75, 3.05) is 19.6 Å². The summed E-state index contributed by atoms with van der Waals surface area (Å²) in [7, 11) is 0. The molecule has 2 bridgehead atoms. The Morgan fingerprint density at radius 1 is 1.20 bits per heavy atom. The molecule has 1 amide bonds. The number of hydrogen-bond donors (Lipinski definition) is 0. The maximum absolute atomic E-state index is 13.8. The van der Waals surface area contributed by atoms with Gasteiger partial charge in [-0.1, -0.05) is 13.8 Å². The number of amides is 1. The first-order chi connectivity index (χ1) is 19.3. The maximum atomic E-state index is 13.8. The summed E-state index contributed by atoms with van der Waals surface area (Å²) in [6, 6.07) is 6.17. The van der Waals surface area contributed by atoms with Crippen molar-refractivity contribution in [1.29, 1.82) is 0 Å². The van der Waals surface area contributed by atoms with Gasteiger partial charge in [-0.2, -0.15) is 0 Å². The van der Waals surface area contributed by atoms with Crippen molar-refractivity contribution in [2.45, 2.75) is 82.9 Å². The zero-order valence-electron chi connectivity index (χ0n) is 23.8. The number of furan rings is 1. The number of carbonyl (C=O) groups is 2. The number of nitrogens with zero attached hydrogens (tertiary/aromatic N) is 2. The van der Waals surface area contributed by atoms with Gasteiger partial charge in [0.1, 0.15) is 17.6 Å². The van der Waals surface area contributed by atoms with Crippen LogP contribution in [0.25, 0.3) is 6.08 Å². The van der Waals surface area contributed by atoms with Gasteiger partial charge in [-0.3, -0.25) is 14.5 Å². The number of carbonyl (C=O) groups excluding carboxylic acids is 2. The van der Waals surface area contributed by atoms with Gasteiger partial charge in [-0.15, -0.1) is 0 Å². The Balaban J connectivity index is 1.29. The van der Waals surface area contributed by atoms with E-state index in [1.54, 1.807) is 18.6 Å². The fourth-order valence-electron chi connectivity index (χ4n) is 8.44. The maximum Gasteiger partial charge on any atom is 0.308 e. The third kappa shape index (κ3) is 4.20. The molecule has 212 valence electrons. The Morgan fingerprint density at radius 2 is 2.05 bits per heavy atom. The van der Waals surface area contributed by atoms with E-state index in [9.17, 15) is 9.59 Å². The van der Waals surface area contributed by atoms with Crippen LogP contribution in [-0.2, 0) is 21.4 Å². The fraction of sp³-hybridized carbons (Fsp3) is 0.576. The van der Waals surface area contributed by atoms with Crippen LogP contribution in [-0.4, -0.2) is 59.5 Å². The first-order valence-corrected chi connectivity index (χ1v) is 15.1. The van der Waals surface area contributed by atoms with Crippen LogP contribution < -0.4 is 9.47 Å². The zero-order valence-corrected chi connectivity index (χ0v) is 23.8. The molecule has 2 aromatic rings. The van der Waals surface area contributed by atoms with Gasteiger partial charge in [-0.25, -0.2) is 0 Å². The van der Waals surface area contributed by atoms with Crippen molar-refractivity contribution in [3.05, 3.63) is 53.5 Å². The summed E-state index contributed by atoms with van der Waals surface area (Å²) in [5, 5.41) is 0. The van der Waals surface area contributed by atoms with E-state index < -0.39 is 0 Å². The molecule has 2 aliphatic heterocycles. The Bertz CT molecular complexity index is 1330. The first-order valence-electron chi connectivity index (χ1n) is 15.1. The molecule has 5 atom stereocenters. The highest BCUT2D eigenvalue weighted by Crippen LogP contribution is 2.64. The molecule has 0 radical (unpaired) electrons. The molecule has 7 rings (SSSR count). The average Bonchev–Trinajstić information content (AvgIpc) is 3.45. The highest BCUT2D eigenvalue weighted by Gasteiger charge is 2.66. The number of piperidine rings is 1. The van der Waals surface area contributed by atoms with Gasteiger partial charge in [0.05, 0.1) is 18.6 Å². The normalized spacial score (nSPS) is 30.3. The standard InChI is InChI=1S/C33H40N2O5/c1-20(2)17-35(30(37)11-6-23-12-15-38-19-23)26-8-7-25-27-16-24-28(39-21(3)36)9-10-29-31(24)33(25,32(26)40-29)13-14-34(27)18-22-4-5-22/h6,9-12,15,19-20,22,25-27,32H,4-5,7-8,13-14,16-18H2,1-3H3/t25-,26-,27+,32+,33-/m0/s1.